The highest BCUT2D eigenvalue weighted by Gasteiger charge is 2.15. The molecular formula is C23H27NS2. The van der Waals surface area contributed by atoms with Gasteiger partial charge >= 0.3 is 0 Å². The zero-order valence-corrected chi connectivity index (χ0v) is 17.3. The van der Waals surface area contributed by atoms with Crippen LogP contribution in [0.2, 0.25) is 0 Å². The van der Waals surface area contributed by atoms with E-state index in [1.54, 1.807) is 11.8 Å². The SMILES string of the molecule is Cc1ccc(N=C(C=CSc2ccc(C)cc2)SC2CCCCC2)cc1. The maximum atomic E-state index is 4.92. The predicted octanol–water partition coefficient (Wildman–Crippen LogP) is 7.71. The molecule has 1 nitrogen and oxygen atoms in total. The zero-order chi connectivity index (χ0) is 18.2. The Hall–Kier alpha value is -1.45. The van der Waals surface area contributed by atoms with E-state index < -0.39 is 0 Å². The van der Waals surface area contributed by atoms with E-state index in [9.17, 15) is 0 Å². The lowest BCUT2D eigenvalue weighted by atomic mass is 10.0. The van der Waals surface area contributed by atoms with E-state index in [1.807, 2.05) is 11.8 Å². The van der Waals surface area contributed by atoms with Gasteiger partial charge in [-0.15, -0.1) is 11.8 Å². The summed E-state index contributed by atoms with van der Waals surface area (Å²) in [7, 11) is 0. The minimum Gasteiger partial charge on any atom is -0.242 e. The van der Waals surface area contributed by atoms with Gasteiger partial charge in [0.15, 0.2) is 0 Å². The summed E-state index contributed by atoms with van der Waals surface area (Å²) in [5, 5.41) is 4.01. The first-order chi connectivity index (χ1) is 12.7. The van der Waals surface area contributed by atoms with Gasteiger partial charge in [-0.3, -0.25) is 0 Å². The second-order valence-electron chi connectivity index (χ2n) is 6.90. The second-order valence-corrected chi connectivity index (χ2v) is 9.20. The molecule has 136 valence electrons. The van der Waals surface area contributed by atoms with Crippen molar-refractivity contribution < 1.29 is 0 Å². The Morgan fingerprint density at radius 2 is 1.50 bits per heavy atom. The van der Waals surface area contributed by atoms with Crippen molar-refractivity contribution in [2.45, 2.75) is 56.1 Å². The summed E-state index contributed by atoms with van der Waals surface area (Å²) >= 11 is 3.71. The van der Waals surface area contributed by atoms with Crippen molar-refractivity contribution in [3.8, 4) is 0 Å². The van der Waals surface area contributed by atoms with Gasteiger partial charge in [0.2, 0.25) is 0 Å². The molecule has 0 spiro atoms. The lowest BCUT2D eigenvalue weighted by Gasteiger charge is -2.20. The van der Waals surface area contributed by atoms with Crippen molar-refractivity contribution in [3.63, 3.8) is 0 Å². The zero-order valence-electron chi connectivity index (χ0n) is 15.7. The highest BCUT2D eigenvalue weighted by atomic mass is 32.2. The first-order valence-electron chi connectivity index (χ1n) is 9.41. The average molecular weight is 382 g/mol. The molecule has 1 aliphatic rings. The molecule has 0 bridgehead atoms. The Morgan fingerprint density at radius 3 is 2.15 bits per heavy atom. The molecule has 0 radical (unpaired) electrons. The van der Waals surface area contributed by atoms with Crippen LogP contribution in [0.1, 0.15) is 43.2 Å². The molecule has 2 aromatic carbocycles. The number of aliphatic imine (C=N–C) groups is 1. The van der Waals surface area contributed by atoms with Crippen molar-refractivity contribution in [1.82, 2.24) is 0 Å². The van der Waals surface area contributed by atoms with Gasteiger partial charge in [0, 0.05) is 10.1 Å². The van der Waals surface area contributed by atoms with Gasteiger partial charge < -0.3 is 0 Å². The standard InChI is InChI=1S/C23H27NS2/c1-18-8-12-20(13-9-18)24-23(26-22-6-4-3-5-7-22)16-17-25-21-14-10-19(2)11-15-21/h8-17,22H,3-7H2,1-2H3. The van der Waals surface area contributed by atoms with Gasteiger partial charge in [-0.1, -0.05) is 66.4 Å². The predicted molar refractivity (Wildman–Crippen MR) is 119 cm³/mol. The van der Waals surface area contributed by atoms with Crippen molar-refractivity contribution in [2.24, 2.45) is 4.99 Å². The lowest BCUT2D eigenvalue weighted by Crippen LogP contribution is -2.10. The van der Waals surface area contributed by atoms with Crippen molar-refractivity contribution in [1.29, 1.82) is 0 Å². The molecule has 0 heterocycles. The Labute approximate surface area is 166 Å². The van der Waals surface area contributed by atoms with E-state index in [2.05, 4.69) is 73.9 Å². The van der Waals surface area contributed by atoms with Crippen LogP contribution < -0.4 is 0 Å². The third kappa shape index (κ3) is 6.37. The van der Waals surface area contributed by atoms with Crippen LogP contribution in [0.5, 0.6) is 0 Å². The van der Waals surface area contributed by atoms with Crippen LogP contribution in [-0.2, 0) is 0 Å². The van der Waals surface area contributed by atoms with Gasteiger partial charge in [-0.2, -0.15) is 0 Å². The van der Waals surface area contributed by atoms with Crippen LogP contribution in [0, 0.1) is 13.8 Å². The lowest BCUT2D eigenvalue weighted by molar-refractivity contribution is 0.517. The first-order valence-corrected chi connectivity index (χ1v) is 11.2. The molecule has 26 heavy (non-hydrogen) atoms. The summed E-state index contributed by atoms with van der Waals surface area (Å²) in [6, 6.07) is 17.2. The van der Waals surface area contributed by atoms with Crippen molar-refractivity contribution in [2.75, 3.05) is 0 Å². The largest absolute Gasteiger partial charge is 0.242 e. The molecule has 2 aromatic rings. The molecule has 1 saturated carbocycles. The molecule has 3 rings (SSSR count). The molecule has 0 unspecified atom stereocenters. The fraction of sp³-hybridized carbons (Fsp3) is 0.348. The second kappa shape index (κ2) is 10.0. The Kier molecular flexibility index (Phi) is 7.45. The number of aryl methyl sites for hydroxylation is 2. The van der Waals surface area contributed by atoms with E-state index in [0.29, 0.717) is 5.25 Å². The van der Waals surface area contributed by atoms with E-state index >= 15 is 0 Å². The Balaban J connectivity index is 1.71. The maximum absolute atomic E-state index is 4.92. The number of rotatable bonds is 5. The summed E-state index contributed by atoms with van der Waals surface area (Å²) < 4.78 is 0. The highest BCUT2D eigenvalue weighted by molar-refractivity contribution is 8.15. The maximum Gasteiger partial charge on any atom is 0.0975 e. The average Bonchev–Trinajstić information content (AvgIpc) is 2.66. The summed E-state index contributed by atoms with van der Waals surface area (Å²) in [5.74, 6) is 0. The molecule has 1 fully saturated rings. The quantitative estimate of drug-likeness (QED) is 0.299. The highest BCUT2D eigenvalue weighted by Crippen LogP contribution is 2.31. The van der Waals surface area contributed by atoms with Gasteiger partial charge in [0.05, 0.1) is 10.7 Å². The fourth-order valence-corrected chi connectivity index (χ4v) is 4.94. The van der Waals surface area contributed by atoms with Crippen molar-refractivity contribution >= 4 is 34.3 Å². The molecule has 0 N–H and O–H groups in total. The first kappa shape index (κ1) is 19.3. The third-order valence-corrected chi connectivity index (χ3v) is 6.64. The molecule has 3 heteroatoms. The van der Waals surface area contributed by atoms with Crippen LogP contribution in [0.15, 0.2) is 69.9 Å². The summed E-state index contributed by atoms with van der Waals surface area (Å²) in [4.78, 5) is 6.19. The van der Waals surface area contributed by atoms with E-state index in [0.717, 1.165) is 10.7 Å². The number of hydrogen-bond donors (Lipinski definition) is 0. The van der Waals surface area contributed by atoms with Crippen LogP contribution >= 0.6 is 23.5 Å². The Morgan fingerprint density at radius 1 is 0.885 bits per heavy atom. The topological polar surface area (TPSA) is 12.4 Å². The van der Waals surface area contributed by atoms with Crippen LogP contribution in [0.3, 0.4) is 0 Å². The van der Waals surface area contributed by atoms with Gasteiger partial charge in [-0.05, 0) is 62.4 Å². The number of hydrogen-bond acceptors (Lipinski definition) is 3. The van der Waals surface area contributed by atoms with Crippen LogP contribution in [0.25, 0.3) is 0 Å². The normalized spacial score (nSPS) is 16.3. The monoisotopic (exact) mass is 381 g/mol. The molecular weight excluding hydrogens is 354 g/mol. The smallest absolute Gasteiger partial charge is 0.0975 e. The summed E-state index contributed by atoms with van der Waals surface area (Å²) in [6.45, 7) is 4.24. The minimum atomic E-state index is 0.710. The van der Waals surface area contributed by atoms with Gasteiger partial charge in [-0.25, -0.2) is 4.99 Å². The van der Waals surface area contributed by atoms with E-state index in [-0.39, 0.29) is 0 Å². The molecule has 0 atom stereocenters. The molecule has 0 amide bonds. The van der Waals surface area contributed by atoms with Gasteiger partial charge in [0.1, 0.15) is 0 Å². The van der Waals surface area contributed by atoms with Crippen LogP contribution in [0.4, 0.5) is 5.69 Å². The summed E-state index contributed by atoms with van der Waals surface area (Å²) in [6.07, 6.45) is 8.92. The molecule has 0 aromatic heterocycles. The van der Waals surface area contributed by atoms with Gasteiger partial charge in [0.25, 0.3) is 0 Å². The molecule has 1 aliphatic carbocycles. The summed E-state index contributed by atoms with van der Waals surface area (Å²) in [5.41, 5.74) is 3.61. The molecule has 0 aliphatic heterocycles. The number of thioether (sulfide) groups is 2. The Bertz CT molecular complexity index is 739. The van der Waals surface area contributed by atoms with E-state index in [1.165, 1.54) is 48.1 Å². The third-order valence-electron chi connectivity index (χ3n) is 4.55. The fourth-order valence-electron chi connectivity index (χ4n) is 2.99. The molecule has 0 saturated heterocycles. The minimum absolute atomic E-state index is 0.710. The van der Waals surface area contributed by atoms with Crippen molar-refractivity contribution in [3.05, 3.63) is 71.1 Å². The van der Waals surface area contributed by atoms with E-state index in [4.69, 9.17) is 4.99 Å². The number of nitrogens with zero attached hydrogens (tertiary/aromatic N) is 1. The number of benzene rings is 2. The van der Waals surface area contributed by atoms with Crippen LogP contribution in [-0.4, -0.2) is 10.3 Å².